The molecule has 1 atom stereocenters. The van der Waals surface area contributed by atoms with E-state index in [1.807, 2.05) is 38.1 Å². The van der Waals surface area contributed by atoms with Gasteiger partial charge in [0.1, 0.15) is 5.01 Å². The van der Waals surface area contributed by atoms with Crippen LogP contribution in [0.4, 0.5) is 5.13 Å². The molecule has 0 radical (unpaired) electrons. The minimum Gasteiger partial charge on any atom is -0.333 e. The van der Waals surface area contributed by atoms with Crippen molar-refractivity contribution in [2.24, 2.45) is 11.3 Å². The van der Waals surface area contributed by atoms with Crippen LogP contribution in [0.2, 0.25) is 0 Å². The van der Waals surface area contributed by atoms with E-state index in [1.54, 1.807) is 4.90 Å². The summed E-state index contributed by atoms with van der Waals surface area (Å²) in [5, 5.41) is 12.3. The molecule has 0 fully saturated rings. The molecule has 7 heteroatoms. The number of aromatic nitrogens is 2. The van der Waals surface area contributed by atoms with Gasteiger partial charge in [-0.1, -0.05) is 69.7 Å². The number of carbonyl (C=O) groups is 2. The second-order valence-corrected chi connectivity index (χ2v) is 10.2. The zero-order chi connectivity index (χ0) is 22.3. The van der Waals surface area contributed by atoms with Gasteiger partial charge < -0.3 is 4.90 Å². The van der Waals surface area contributed by atoms with E-state index in [1.165, 1.54) is 11.3 Å². The fourth-order valence-electron chi connectivity index (χ4n) is 3.61. The zero-order valence-electron chi connectivity index (χ0n) is 19.0. The number of anilines is 1. The van der Waals surface area contributed by atoms with Crippen molar-refractivity contribution in [1.29, 1.82) is 0 Å². The van der Waals surface area contributed by atoms with Crippen LogP contribution < -0.4 is 5.32 Å². The van der Waals surface area contributed by atoms with E-state index in [0.29, 0.717) is 18.1 Å². The largest absolute Gasteiger partial charge is 0.333 e. The first-order valence-electron chi connectivity index (χ1n) is 10.6. The van der Waals surface area contributed by atoms with E-state index in [-0.39, 0.29) is 29.7 Å². The third-order valence-corrected chi connectivity index (χ3v) is 5.49. The Morgan fingerprint density at radius 1 is 1.23 bits per heavy atom. The zero-order valence-corrected chi connectivity index (χ0v) is 19.8. The van der Waals surface area contributed by atoms with Crippen molar-refractivity contribution < 1.29 is 9.59 Å². The predicted octanol–water partition coefficient (Wildman–Crippen LogP) is 5.15. The Morgan fingerprint density at radius 3 is 2.60 bits per heavy atom. The molecule has 1 aromatic heterocycles. The van der Waals surface area contributed by atoms with E-state index < -0.39 is 0 Å². The summed E-state index contributed by atoms with van der Waals surface area (Å²) in [6.45, 7) is 13.3. The molecular weight excluding hydrogens is 396 g/mol. The molecule has 2 amide bonds. The Labute approximate surface area is 184 Å². The number of rotatable bonds is 9. The summed E-state index contributed by atoms with van der Waals surface area (Å²) in [5.74, 6) is 0.0636. The van der Waals surface area contributed by atoms with Gasteiger partial charge in [-0.05, 0) is 37.2 Å². The first kappa shape index (κ1) is 24.0. The van der Waals surface area contributed by atoms with Crippen LogP contribution >= 0.6 is 11.3 Å². The van der Waals surface area contributed by atoms with Gasteiger partial charge in [0, 0.05) is 18.5 Å². The SMILES string of the molecule is CCCN(CC(=O)Nc1nnc(-c2cccc(C)c2)s1)C(=O)CC(C)CC(C)(C)C. The quantitative estimate of drug-likeness (QED) is 0.597. The van der Waals surface area contributed by atoms with E-state index >= 15 is 0 Å². The van der Waals surface area contributed by atoms with Crippen molar-refractivity contribution in [2.45, 2.75) is 60.8 Å². The summed E-state index contributed by atoms with van der Waals surface area (Å²) < 4.78 is 0. The van der Waals surface area contributed by atoms with Crippen molar-refractivity contribution >= 4 is 28.3 Å². The minimum absolute atomic E-state index is 0.0291. The van der Waals surface area contributed by atoms with Crippen molar-refractivity contribution in [3.05, 3.63) is 29.8 Å². The van der Waals surface area contributed by atoms with Crippen molar-refractivity contribution in [3.8, 4) is 10.6 Å². The van der Waals surface area contributed by atoms with E-state index in [9.17, 15) is 9.59 Å². The fourth-order valence-corrected chi connectivity index (χ4v) is 4.36. The van der Waals surface area contributed by atoms with Crippen LogP contribution in [0.25, 0.3) is 10.6 Å². The Kier molecular flexibility index (Phi) is 8.53. The molecule has 30 heavy (non-hydrogen) atoms. The monoisotopic (exact) mass is 430 g/mol. The number of benzene rings is 1. The van der Waals surface area contributed by atoms with Crippen LogP contribution in [0.3, 0.4) is 0 Å². The number of hydrogen-bond donors (Lipinski definition) is 1. The molecule has 0 aliphatic heterocycles. The molecule has 0 spiro atoms. The summed E-state index contributed by atoms with van der Waals surface area (Å²) in [6, 6.07) is 8.00. The number of hydrogen-bond acceptors (Lipinski definition) is 5. The van der Waals surface area contributed by atoms with Gasteiger partial charge >= 0.3 is 0 Å². The van der Waals surface area contributed by atoms with Crippen LogP contribution in [-0.4, -0.2) is 40.0 Å². The Morgan fingerprint density at radius 2 is 1.97 bits per heavy atom. The highest BCUT2D eigenvalue weighted by atomic mass is 32.1. The van der Waals surface area contributed by atoms with Gasteiger partial charge in [0.15, 0.2) is 0 Å². The summed E-state index contributed by atoms with van der Waals surface area (Å²) in [7, 11) is 0. The molecule has 0 aliphatic carbocycles. The number of nitrogens with one attached hydrogen (secondary N) is 1. The lowest BCUT2D eigenvalue weighted by Gasteiger charge is -2.26. The molecule has 2 rings (SSSR count). The van der Waals surface area contributed by atoms with Gasteiger partial charge in [-0.25, -0.2) is 0 Å². The molecule has 6 nitrogen and oxygen atoms in total. The topological polar surface area (TPSA) is 75.2 Å². The number of nitrogens with zero attached hydrogens (tertiary/aromatic N) is 3. The second kappa shape index (κ2) is 10.7. The highest BCUT2D eigenvalue weighted by Crippen LogP contribution is 2.27. The molecular formula is C23H34N4O2S. The van der Waals surface area contributed by atoms with Crippen molar-refractivity contribution in [1.82, 2.24) is 15.1 Å². The summed E-state index contributed by atoms with van der Waals surface area (Å²) in [4.78, 5) is 27.0. The molecule has 0 aliphatic rings. The van der Waals surface area contributed by atoms with Crippen LogP contribution in [0.1, 0.15) is 59.4 Å². The number of aryl methyl sites for hydroxylation is 1. The first-order valence-corrected chi connectivity index (χ1v) is 11.4. The lowest BCUT2D eigenvalue weighted by atomic mass is 9.84. The van der Waals surface area contributed by atoms with Crippen molar-refractivity contribution in [2.75, 3.05) is 18.4 Å². The lowest BCUT2D eigenvalue weighted by Crippen LogP contribution is -2.39. The molecule has 164 valence electrons. The van der Waals surface area contributed by atoms with Gasteiger partial charge in [0.05, 0.1) is 6.54 Å². The van der Waals surface area contributed by atoms with Crippen molar-refractivity contribution in [3.63, 3.8) is 0 Å². The third kappa shape index (κ3) is 7.86. The average Bonchev–Trinajstić information content (AvgIpc) is 3.08. The Balaban J connectivity index is 1.96. The van der Waals surface area contributed by atoms with E-state index in [0.717, 1.165) is 29.0 Å². The molecule has 1 unspecified atom stereocenters. The highest BCUT2D eigenvalue weighted by Gasteiger charge is 2.22. The molecule has 1 aromatic carbocycles. The van der Waals surface area contributed by atoms with Gasteiger partial charge in [-0.2, -0.15) is 0 Å². The summed E-state index contributed by atoms with van der Waals surface area (Å²) >= 11 is 1.33. The lowest BCUT2D eigenvalue weighted by molar-refractivity contribution is -0.135. The molecule has 2 aromatic rings. The molecule has 0 bridgehead atoms. The average molecular weight is 431 g/mol. The number of amides is 2. The van der Waals surface area contributed by atoms with Crippen LogP contribution in [-0.2, 0) is 9.59 Å². The van der Waals surface area contributed by atoms with E-state index in [4.69, 9.17) is 0 Å². The number of carbonyl (C=O) groups excluding carboxylic acids is 2. The maximum absolute atomic E-state index is 12.8. The third-order valence-electron chi connectivity index (χ3n) is 4.60. The molecule has 0 saturated heterocycles. The predicted molar refractivity (Wildman–Crippen MR) is 123 cm³/mol. The maximum atomic E-state index is 12.8. The molecule has 0 saturated carbocycles. The normalized spacial score (nSPS) is 12.5. The van der Waals surface area contributed by atoms with Gasteiger partial charge in [0.2, 0.25) is 16.9 Å². The Hall–Kier alpha value is -2.28. The van der Waals surface area contributed by atoms with Crippen LogP contribution in [0, 0.1) is 18.3 Å². The van der Waals surface area contributed by atoms with Crippen LogP contribution in [0.15, 0.2) is 24.3 Å². The highest BCUT2D eigenvalue weighted by molar-refractivity contribution is 7.18. The maximum Gasteiger partial charge on any atom is 0.245 e. The van der Waals surface area contributed by atoms with Crippen LogP contribution in [0.5, 0.6) is 0 Å². The molecule has 1 N–H and O–H groups in total. The Bertz CT molecular complexity index is 857. The van der Waals surface area contributed by atoms with Gasteiger partial charge in [-0.3, -0.25) is 14.9 Å². The first-order chi connectivity index (χ1) is 14.1. The smallest absolute Gasteiger partial charge is 0.245 e. The van der Waals surface area contributed by atoms with Gasteiger partial charge in [0.25, 0.3) is 0 Å². The van der Waals surface area contributed by atoms with E-state index in [2.05, 4.69) is 43.2 Å². The fraction of sp³-hybridized carbons (Fsp3) is 0.565. The summed E-state index contributed by atoms with van der Waals surface area (Å²) in [5.41, 5.74) is 2.30. The van der Waals surface area contributed by atoms with Gasteiger partial charge in [-0.15, -0.1) is 10.2 Å². The second-order valence-electron chi connectivity index (χ2n) is 9.22. The summed E-state index contributed by atoms with van der Waals surface area (Å²) in [6.07, 6.45) is 2.24. The molecule has 1 heterocycles. The minimum atomic E-state index is -0.243. The standard InChI is InChI=1S/C23H34N4O2S/c1-7-11-27(20(29)13-17(3)14-23(4,5)6)15-19(28)24-22-26-25-21(30-22)18-10-8-9-16(2)12-18/h8-10,12,17H,7,11,13-15H2,1-6H3,(H,24,26,28).